The fraction of sp³-hybridized carbons (Fsp3) is 0.786. The van der Waals surface area contributed by atoms with E-state index < -0.39 is 0 Å². The van der Waals surface area contributed by atoms with Crippen molar-refractivity contribution in [3.8, 4) is 0 Å². The monoisotopic (exact) mass is 326 g/mol. The second-order valence-electron chi connectivity index (χ2n) is 6.21. The van der Waals surface area contributed by atoms with Crippen molar-refractivity contribution in [2.24, 2.45) is 0 Å². The van der Waals surface area contributed by atoms with Crippen LogP contribution in [0.15, 0.2) is 0 Å². The highest BCUT2D eigenvalue weighted by atomic mass is 32.1. The van der Waals surface area contributed by atoms with Crippen LogP contribution in [0.1, 0.15) is 17.8 Å². The number of hydrogen-bond donors (Lipinski definition) is 0. The van der Waals surface area contributed by atoms with Crippen molar-refractivity contribution in [3.63, 3.8) is 0 Å². The van der Waals surface area contributed by atoms with E-state index in [0.717, 1.165) is 36.1 Å². The molecule has 0 saturated carbocycles. The zero-order valence-corrected chi connectivity index (χ0v) is 14.1. The van der Waals surface area contributed by atoms with Crippen LogP contribution in [0, 0.1) is 6.92 Å². The first kappa shape index (κ1) is 15.6. The number of rotatable bonds is 4. The Hall–Kier alpha value is -1.25. The molecule has 0 aromatic carbocycles. The number of aryl methyl sites for hydroxylation is 1. The lowest BCUT2D eigenvalue weighted by atomic mass is 9.85. The van der Waals surface area contributed by atoms with Crippen molar-refractivity contribution in [1.82, 2.24) is 15.1 Å². The molecule has 2 fully saturated rings. The molecule has 0 bridgehead atoms. The highest BCUT2D eigenvalue weighted by Gasteiger charge is 2.49. The van der Waals surface area contributed by atoms with Crippen LogP contribution >= 0.6 is 11.3 Å². The second kappa shape index (κ2) is 6.10. The summed E-state index contributed by atoms with van der Waals surface area (Å²) in [6.45, 7) is 4.43. The summed E-state index contributed by atoms with van der Waals surface area (Å²) >= 11 is 1.60. The lowest BCUT2D eigenvalue weighted by Crippen LogP contribution is -2.66. The van der Waals surface area contributed by atoms with Gasteiger partial charge in [-0.3, -0.25) is 4.79 Å². The third kappa shape index (κ3) is 3.23. The van der Waals surface area contributed by atoms with Gasteiger partial charge in [-0.25, -0.2) is 0 Å². The van der Waals surface area contributed by atoms with Gasteiger partial charge in [0.15, 0.2) is 0 Å². The number of amides is 1. The molecule has 0 radical (unpaired) electrons. The first-order valence-electron chi connectivity index (χ1n) is 7.48. The van der Waals surface area contributed by atoms with Gasteiger partial charge >= 0.3 is 0 Å². The first-order chi connectivity index (χ1) is 10.5. The molecule has 1 aromatic heterocycles. The number of hydrogen-bond acceptors (Lipinski definition) is 7. The van der Waals surface area contributed by atoms with Crippen LogP contribution in [0.25, 0.3) is 0 Å². The lowest BCUT2D eigenvalue weighted by molar-refractivity contribution is -0.156. The van der Waals surface area contributed by atoms with E-state index in [1.807, 2.05) is 6.92 Å². The van der Waals surface area contributed by atoms with Gasteiger partial charge in [0, 0.05) is 27.1 Å². The van der Waals surface area contributed by atoms with Gasteiger partial charge in [0.2, 0.25) is 11.0 Å². The molecule has 3 rings (SSSR count). The average Bonchev–Trinajstić information content (AvgIpc) is 2.88. The largest absolute Gasteiger partial charge is 0.371 e. The summed E-state index contributed by atoms with van der Waals surface area (Å²) in [5, 5.41) is 10.2. The van der Waals surface area contributed by atoms with Gasteiger partial charge in [-0.1, -0.05) is 11.3 Å². The second-order valence-corrected chi connectivity index (χ2v) is 7.37. The van der Waals surface area contributed by atoms with Crippen molar-refractivity contribution >= 4 is 22.4 Å². The fourth-order valence-electron chi connectivity index (χ4n) is 2.86. The molecular weight excluding hydrogens is 304 g/mol. The van der Waals surface area contributed by atoms with E-state index in [1.54, 1.807) is 30.3 Å². The molecule has 3 heterocycles. The first-order valence-corrected chi connectivity index (χ1v) is 8.30. The quantitative estimate of drug-likeness (QED) is 0.811. The Morgan fingerprint density at radius 2 is 2.27 bits per heavy atom. The normalized spacial score (nSPS) is 23.4. The molecule has 0 N–H and O–H groups in total. The standard InChI is InChI=1S/C14H22N4O3S/c1-10-15-16-13(22-10)18-8-14(9-18)6-11(4-5-21-14)20-7-12(19)17(2)3/h11H,4-9H2,1-3H3. The minimum Gasteiger partial charge on any atom is -0.371 e. The summed E-state index contributed by atoms with van der Waals surface area (Å²) in [5.41, 5.74) is -0.149. The summed E-state index contributed by atoms with van der Waals surface area (Å²) in [6.07, 6.45) is 1.78. The van der Waals surface area contributed by atoms with Gasteiger partial charge in [0.25, 0.3) is 0 Å². The molecule has 2 aliphatic rings. The Kier molecular flexibility index (Phi) is 4.33. The smallest absolute Gasteiger partial charge is 0.248 e. The summed E-state index contributed by atoms with van der Waals surface area (Å²) in [6, 6.07) is 0. The Bertz CT molecular complexity index is 542. The van der Waals surface area contributed by atoms with Gasteiger partial charge < -0.3 is 19.3 Å². The molecule has 8 heteroatoms. The van der Waals surface area contributed by atoms with Crippen LogP contribution in [0.4, 0.5) is 5.13 Å². The minimum absolute atomic E-state index is 0.000105. The van der Waals surface area contributed by atoms with Crippen molar-refractivity contribution < 1.29 is 14.3 Å². The number of aromatic nitrogens is 2. The maximum absolute atomic E-state index is 11.6. The Morgan fingerprint density at radius 1 is 1.50 bits per heavy atom. The lowest BCUT2D eigenvalue weighted by Gasteiger charge is -2.52. The van der Waals surface area contributed by atoms with Gasteiger partial charge in [-0.05, 0) is 13.3 Å². The third-order valence-electron chi connectivity index (χ3n) is 4.13. The summed E-state index contributed by atoms with van der Waals surface area (Å²) in [4.78, 5) is 15.4. The number of likely N-dealkylation sites (N-methyl/N-ethyl adjacent to an activating group) is 1. The van der Waals surface area contributed by atoms with Gasteiger partial charge in [0.05, 0.1) is 19.2 Å². The molecule has 2 aliphatic heterocycles. The zero-order chi connectivity index (χ0) is 15.7. The number of carbonyl (C=O) groups is 1. The van der Waals surface area contributed by atoms with Crippen molar-refractivity contribution in [2.45, 2.75) is 31.5 Å². The van der Waals surface area contributed by atoms with Crippen molar-refractivity contribution in [3.05, 3.63) is 5.01 Å². The molecule has 1 unspecified atom stereocenters. The van der Waals surface area contributed by atoms with Crippen LogP contribution in [-0.2, 0) is 14.3 Å². The molecule has 1 amide bonds. The maximum atomic E-state index is 11.6. The van der Waals surface area contributed by atoms with Gasteiger partial charge in [0.1, 0.15) is 17.2 Å². The van der Waals surface area contributed by atoms with Crippen LogP contribution < -0.4 is 4.90 Å². The molecule has 7 nitrogen and oxygen atoms in total. The van der Waals surface area contributed by atoms with Crippen LogP contribution in [0.5, 0.6) is 0 Å². The molecule has 22 heavy (non-hydrogen) atoms. The van der Waals surface area contributed by atoms with E-state index in [0.29, 0.717) is 6.61 Å². The highest BCUT2D eigenvalue weighted by molar-refractivity contribution is 7.15. The number of nitrogens with zero attached hydrogens (tertiary/aromatic N) is 4. The van der Waals surface area contributed by atoms with Crippen molar-refractivity contribution in [1.29, 1.82) is 0 Å². The predicted octanol–water partition coefficient (Wildman–Crippen LogP) is 0.689. The van der Waals surface area contributed by atoms with Crippen LogP contribution in [-0.4, -0.2) is 73.1 Å². The predicted molar refractivity (Wildman–Crippen MR) is 83.2 cm³/mol. The Morgan fingerprint density at radius 3 is 2.91 bits per heavy atom. The van der Waals surface area contributed by atoms with E-state index in [-0.39, 0.29) is 24.2 Å². The highest BCUT2D eigenvalue weighted by Crippen LogP contribution is 2.38. The molecule has 0 aliphatic carbocycles. The summed E-state index contributed by atoms with van der Waals surface area (Å²) in [7, 11) is 3.48. The molecule has 1 atom stereocenters. The molecular formula is C14H22N4O3S. The molecule has 1 spiro atoms. The van der Waals surface area contributed by atoms with Gasteiger partial charge in [-0.2, -0.15) is 0 Å². The number of carbonyl (C=O) groups excluding carboxylic acids is 1. The summed E-state index contributed by atoms with van der Waals surface area (Å²) in [5.74, 6) is 0.000105. The van der Waals surface area contributed by atoms with E-state index >= 15 is 0 Å². The van der Waals surface area contributed by atoms with E-state index in [1.165, 1.54) is 0 Å². The fourth-order valence-corrected chi connectivity index (χ4v) is 3.55. The summed E-state index contributed by atoms with van der Waals surface area (Å²) < 4.78 is 11.8. The van der Waals surface area contributed by atoms with Crippen LogP contribution in [0.3, 0.4) is 0 Å². The zero-order valence-electron chi connectivity index (χ0n) is 13.2. The SMILES string of the molecule is Cc1nnc(N2CC3(CC(OCC(=O)N(C)C)CCO3)C2)s1. The molecule has 1 aromatic rings. The Labute approximate surface area is 134 Å². The van der Waals surface area contributed by atoms with Crippen LogP contribution in [0.2, 0.25) is 0 Å². The molecule has 122 valence electrons. The molecule has 2 saturated heterocycles. The van der Waals surface area contributed by atoms with Crippen molar-refractivity contribution in [2.75, 3.05) is 45.3 Å². The maximum Gasteiger partial charge on any atom is 0.248 e. The van der Waals surface area contributed by atoms with Gasteiger partial charge in [-0.15, -0.1) is 10.2 Å². The number of ether oxygens (including phenoxy) is 2. The average molecular weight is 326 g/mol. The topological polar surface area (TPSA) is 67.8 Å². The number of anilines is 1. The van der Waals surface area contributed by atoms with E-state index in [4.69, 9.17) is 9.47 Å². The van der Waals surface area contributed by atoms with E-state index in [2.05, 4.69) is 15.1 Å². The van der Waals surface area contributed by atoms with E-state index in [9.17, 15) is 4.79 Å². The third-order valence-corrected chi connectivity index (χ3v) is 5.03. The minimum atomic E-state index is -0.149. The Balaban J connectivity index is 1.50.